The largest absolute Gasteiger partial charge is 0.337 e. The average Bonchev–Trinajstić information content (AvgIpc) is 2.65. The topological polar surface area (TPSA) is 79.4 Å². The van der Waals surface area contributed by atoms with Crippen molar-refractivity contribution in [3.05, 3.63) is 30.1 Å². The van der Waals surface area contributed by atoms with Gasteiger partial charge in [0.15, 0.2) is 0 Å². The Bertz CT molecular complexity index is 559. The second kappa shape index (κ2) is 5.26. The van der Waals surface area contributed by atoms with E-state index < -0.39 is 16.1 Å². The van der Waals surface area contributed by atoms with Crippen molar-refractivity contribution in [1.29, 1.82) is 0 Å². The van der Waals surface area contributed by atoms with Gasteiger partial charge in [0.05, 0.1) is 17.8 Å². The highest BCUT2D eigenvalue weighted by Crippen LogP contribution is 2.31. The first-order chi connectivity index (χ1) is 8.94. The highest BCUT2D eigenvalue weighted by molar-refractivity contribution is 7.89. The zero-order chi connectivity index (χ0) is 14.0. The molecule has 7 heteroatoms. The van der Waals surface area contributed by atoms with E-state index in [1.807, 2.05) is 6.07 Å². The van der Waals surface area contributed by atoms with E-state index in [0.29, 0.717) is 0 Å². The number of hydrogen-bond acceptors (Lipinski definition) is 4. The summed E-state index contributed by atoms with van der Waals surface area (Å²) in [6, 6.07) is 2.88. The first kappa shape index (κ1) is 14.0. The molecule has 1 fully saturated rings. The molecule has 6 nitrogen and oxygen atoms in total. The van der Waals surface area contributed by atoms with Gasteiger partial charge in [0, 0.05) is 25.9 Å². The number of nitrogens with zero attached hydrogens (tertiary/aromatic N) is 2. The summed E-state index contributed by atoms with van der Waals surface area (Å²) in [6.45, 7) is 1.57. The zero-order valence-corrected chi connectivity index (χ0v) is 11.7. The molecule has 0 unspecified atom stereocenters. The van der Waals surface area contributed by atoms with Gasteiger partial charge in [-0.15, -0.1) is 0 Å². The molecular weight excluding hydrogens is 266 g/mol. The molecule has 0 spiro atoms. The number of amides is 1. The number of carbonyl (C=O) groups is 1. The lowest BCUT2D eigenvalue weighted by Gasteiger charge is -2.25. The van der Waals surface area contributed by atoms with Crippen LogP contribution >= 0.6 is 0 Å². The van der Waals surface area contributed by atoms with Gasteiger partial charge < -0.3 is 4.90 Å². The maximum absolute atomic E-state index is 11.8. The molecule has 2 rings (SSSR count). The predicted molar refractivity (Wildman–Crippen MR) is 70.7 cm³/mol. The number of rotatable bonds is 4. The SMILES string of the molecule is CCS(=O)(=O)N[C@@H]1CC(=O)N(C)[C@H]1c1cccnc1. The fraction of sp³-hybridized carbons (Fsp3) is 0.500. The monoisotopic (exact) mass is 283 g/mol. The van der Waals surface area contributed by atoms with Crippen LogP contribution in [-0.2, 0) is 14.8 Å². The number of carbonyl (C=O) groups excluding carboxylic acids is 1. The van der Waals surface area contributed by atoms with Crippen molar-refractivity contribution in [2.45, 2.75) is 25.4 Å². The smallest absolute Gasteiger partial charge is 0.224 e. The van der Waals surface area contributed by atoms with E-state index in [-0.39, 0.29) is 24.1 Å². The number of pyridine rings is 1. The first-order valence-electron chi connectivity index (χ1n) is 6.10. The summed E-state index contributed by atoms with van der Waals surface area (Å²) in [6.07, 6.45) is 3.48. The Labute approximate surface area is 112 Å². The predicted octanol–water partition coefficient (Wildman–Crippen LogP) is 0.293. The van der Waals surface area contributed by atoms with E-state index in [4.69, 9.17) is 0 Å². The quantitative estimate of drug-likeness (QED) is 0.861. The van der Waals surface area contributed by atoms with Crippen LogP contribution in [0.2, 0.25) is 0 Å². The first-order valence-corrected chi connectivity index (χ1v) is 7.75. The molecule has 1 aliphatic rings. The maximum atomic E-state index is 11.8. The fourth-order valence-corrected chi connectivity index (χ4v) is 3.14. The summed E-state index contributed by atoms with van der Waals surface area (Å²) in [5.41, 5.74) is 0.833. The van der Waals surface area contributed by atoms with Crippen LogP contribution in [0, 0.1) is 0 Å². The summed E-state index contributed by atoms with van der Waals surface area (Å²) in [5, 5.41) is 0. The van der Waals surface area contributed by atoms with Gasteiger partial charge >= 0.3 is 0 Å². The summed E-state index contributed by atoms with van der Waals surface area (Å²) in [5.74, 6) is -0.0705. The van der Waals surface area contributed by atoms with Crippen molar-refractivity contribution in [3.8, 4) is 0 Å². The Hall–Kier alpha value is -1.47. The Morgan fingerprint density at radius 3 is 2.84 bits per heavy atom. The van der Waals surface area contributed by atoms with Crippen molar-refractivity contribution in [2.75, 3.05) is 12.8 Å². The normalized spacial score (nSPS) is 23.9. The van der Waals surface area contributed by atoms with Crippen LogP contribution in [0.4, 0.5) is 0 Å². The molecule has 0 aliphatic carbocycles. The van der Waals surface area contributed by atoms with Crippen LogP contribution in [0.25, 0.3) is 0 Å². The third kappa shape index (κ3) is 2.93. The second-order valence-electron chi connectivity index (χ2n) is 4.57. The van der Waals surface area contributed by atoms with Gasteiger partial charge in [0.2, 0.25) is 15.9 Å². The lowest BCUT2D eigenvalue weighted by Crippen LogP contribution is -2.39. The number of likely N-dealkylation sites (N-methyl/N-ethyl adjacent to an activating group) is 1. The van der Waals surface area contributed by atoms with Gasteiger partial charge in [-0.3, -0.25) is 9.78 Å². The Balaban J connectivity index is 2.30. The minimum Gasteiger partial charge on any atom is -0.337 e. The van der Waals surface area contributed by atoms with Crippen LogP contribution in [0.5, 0.6) is 0 Å². The minimum atomic E-state index is -3.34. The highest BCUT2D eigenvalue weighted by Gasteiger charge is 2.40. The number of nitrogens with one attached hydrogen (secondary N) is 1. The van der Waals surface area contributed by atoms with Crippen LogP contribution in [-0.4, -0.2) is 43.1 Å². The molecule has 1 amide bonds. The number of sulfonamides is 1. The molecule has 0 saturated carbocycles. The van der Waals surface area contributed by atoms with Crippen LogP contribution < -0.4 is 4.72 Å². The molecule has 0 radical (unpaired) electrons. The Kier molecular flexibility index (Phi) is 3.86. The van der Waals surface area contributed by atoms with Crippen LogP contribution in [0.1, 0.15) is 24.9 Å². The number of hydrogen-bond donors (Lipinski definition) is 1. The van der Waals surface area contributed by atoms with E-state index >= 15 is 0 Å². The molecule has 1 aromatic rings. The summed E-state index contributed by atoms with van der Waals surface area (Å²) in [4.78, 5) is 17.4. The molecule has 1 saturated heterocycles. The van der Waals surface area contributed by atoms with E-state index in [1.165, 1.54) is 0 Å². The van der Waals surface area contributed by atoms with Crippen molar-refractivity contribution >= 4 is 15.9 Å². The molecule has 104 valence electrons. The van der Waals surface area contributed by atoms with Gasteiger partial charge in [-0.2, -0.15) is 0 Å². The molecule has 2 heterocycles. The van der Waals surface area contributed by atoms with E-state index in [2.05, 4.69) is 9.71 Å². The summed E-state index contributed by atoms with van der Waals surface area (Å²) >= 11 is 0. The summed E-state index contributed by atoms with van der Waals surface area (Å²) in [7, 11) is -1.66. The molecule has 1 aliphatic heterocycles. The van der Waals surface area contributed by atoms with Crippen molar-refractivity contribution in [2.24, 2.45) is 0 Å². The average molecular weight is 283 g/mol. The Morgan fingerprint density at radius 2 is 2.26 bits per heavy atom. The fourth-order valence-electron chi connectivity index (χ4n) is 2.30. The lowest BCUT2D eigenvalue weighted by molar-refractivity contribution is -0.127. The highest BCUT2D eigenvalue weighted by atomic mass is 32.2. The van der Waals surface area contributed by atoms with Gasteiger partial charge in [0.1, 0.15) is 0 Å². The lowest BCUT2D eigenvalue weighted by atomic mass is 10.0. The van der Waals surface area contributed by atoms with Crippen molar-refractivity contribution < 1.29 is 13.2 Å². The van der Waals surface area contributed by atoms with E-state index in [0.717, 1.165) is 5.56 Å². The third-order valence-electron chi connectivity index (χ3n) is 3.32. The van der Waals surface area contributed by atoms with Gasteiger partial charge in [-0.1, -0.05) is 6.07 Å². The summed E-state index contributed by atoms with van der Waals surface area (Å²) < 4.78 is 26.0. The third-order valence-corrected chi connectivity index (χ3v) is 4.75. The number of likely N-dealkylation sites (tertiary alicyclic amines) is 1. The molecule has 0 aromatic carbocycles. The van der Waals surface area contributed by atoms with E-state index in [1.54, 1.807) is 37.3 Å². The zero-order valence-electron chi connectivity index (χ0n) is 10.9. The minimum absolute atomic E-state index is 0.00116. The standard InChI is InChI=1S/C12H17N3O3S/c1-3-19(17,18)14-10-7-11(16)15(2)12(10)9-5-4-6-13-8-9/h4-6,8,10,12,14H,3,7H2,1-2H3/t10-,12+/m1/s1. The molecule has 2 atom stereocenters. The van der Waals surface area contributed by atoms with Crippen molar-refractivity contribution in [1.82, 2.24) is 14.6 Å². The molecular formula is C12H17N3O3S. The van der Waals surface area contributed by atoms with Gasteiger partial charge in [-0.05, 0) is 18.6 Å². The molecule has 1 aromatic heterocycles. The van der Waals surface area contributed by atoms with Crippen LogP contribution in [0.3, 0.4) is 0 Å². The molecule has 1 N–H and O–H groups in total. The van der Waals surface area contributed by atoms with E-state index in [9.17, 15) is 13.2 Å². The maximum Gasteiger partial charge on any atom is 0.224 e. The molecule has 19 heavy (non-hydrogen) atoms. The number of aromatic nitrogens is 1. The van der Waals surface area contributed by atoms with Crippen LogP contribution in [0.15, 0.2) is 24.5 Å². The van der Waals surface area contributed by atoms with Gasteiger partial charge in [-0.25, -0.2) is 13.1 Å². The Morgan fingerprint density at radius 1 is 1.53 bits per heavy atom. The second-order valence-corrected chi connectivity index (χ2v) is 6.61. The van der Waals surface area contributed by atoms with Crippen molar-refractivity contribution in [3.63, 3.8) is 0 Å². The molecule has 0 bridgehead atoms. The van der Waals surface area contributed by atoms with Gasteiger partial charge in [0.25, 0.3) is 0 Å².